The summed E-state index contributed by atoms with van der Waals surface area (Å²) in [7, 11) is 1.17. The molecule has 0 aromatic heterocycles. The molecule has 0 aliphatic carbocycles. The number of methoxy groups -OCH3 is 1. The van der Waals surface area contributed by atoms with Gasteiger partial charge in [-0.15, -0.1) is 0 Å². The Morgan fingerprint density at radius 2 is 1.96 bits per heavy atom. The van der Waals surface area contributed by atoms with Crippen LogP contribution in [0.5, 0.6) is 0 Å². The molecule has 0 unspecified atom stereocenters. The van der Waals surface area contributed by atoms with Crippen molar-refractivity contribution in [3.05, 3.63) is 12.2 Å². The normalized spacial score (nSPS) is 13.2. The van der Waals surface area contributed by atoms with Crippen molar-refractivity contribution in [2.24, 2.45) is 5.73 Å². The maximum atomic E-state index is 11.8. The summed E-state index contributed by atoms with van der Waals surface area (Å²) in [6, 6.07) is -2.14. The molecule has 0 fully saturated rings. The molecule has 0 aromatic carbocycles. The first-order valence-electron chi connectivity index (χ1n) is 6.63. The first kappa shape index (κ1) is 20.9. The predicted molar refractivity (Wildman–Crippen MR) is 84.7 cm³/mol. The number of nitrogens with one attached hydrogen (secondary N) is 2. The maximum Gasteiger partial charge on any atom is 0.330 e. The van der Waals surface area contributed by atoms with E-state index in [1.165, 1.54) is 18.9 Å². The van der Waals surface area contributed by atoms with Crippen molar-refractivity contribution < 1.29 is 29.0 Å². The van der Waals surface area contributed by atoms with Gasteiger partial charge in [-0.05, 0) is 18.4 Å². The summed E-state index contributed by atoms with van der Waals surface area (Å²) in [4.78, 5) is 45.0. The average molecular weight is 347 g/mol. The van der Waals surface area contributed by atoms with E-state index in [0.29, 0.717) is 5.75 Å². The minimum Gasteiger partial charge on any atom is -0.480 e. The van der Waals surface area contributed by atoms with Crippen LogP contribution in [0.3, 0.4) is 0 Å². The van der Waals surface area contributed by atoms with Gasteiger partial charge in [-0.25, -0.2) is 9.59 Å². The van der Waals surface area contributed by atoms with Crippen LogP contribution in [0, 0.1) is 0 Å². The number of carboxylic acids is 1. The molecule has 0 aliphatic heterocycles. The molecule has 0 aliphatic rings. The van der Waals surface area contributed by atoms with Crippen molar-refractivity contribution in [1.29, 1.82) is 0 Å². The highest BCUT2D eigenvalue weighted by molar-refractivity contribution is 7.98. The van der Waals surface area contributed by atoms with Crippen molar-refractivity contribution in [2.75, 3.05) is 25.7 Å². The van der Waals surface area contributed by atoms with Gasteiger partial charge in [0.25, 0.3) is 0 Å². The smallest absolute Gasteiger partial charge is 0.330 e. The number of hydrogen-bond donors (Lipinski definition) is 4. The largest absolute Gasteiger partial charge is 0.480 e. The Hall–Kier alpha value is -2.07. The number of carbonyl (C=O) groups excluding carboxylic acids is 3. The van der Waals surface area contributed by atoms with E-state index < -0.39 is 35.8 Å². The number of thioether (sulfide) groups is 1. The van der Waals surface area contributed by atoms with E-state index in [1.807, 2.05) is 6.26 Å². The number of ether oxygens (including phenoxy) is 1. The molecule has 0 aromatic rings. The fourth-order valence-electron chi connectivity index (χ4n) is 1.35. The third-order valence-corrected chi connectivity index (χ3v) is 3.27. The van der Waals surface area contributed by atoms with Gasteiger partial charge in [-0.1, -0.05) is 0 Å². The number of carboxylic acid groups (broad SMARTS) is 1. The van der Waals surface area contributed by atoms with Gasteiger partial charge in [0, 0.05) is 18.7 Å². The van der Waals surface area contributed by atoms with Gasteiger partial charge in [-0.2, -0.15) is 11.8 Å². The topological polar surface area (TPSA) is 148 Å². The molecule has 5 N–H and O–H groups in total. The van der Waals surface area contributed by atoms with E-state index in [4.69, 9.17) is 10.8 Å². The Bertz CT molecular complexity index is 469. The SMILES string of the molecule is COC(=O)/C=C/C(=O)NC[C@@H](N)C(=O)N[C@@H](CCSC)C(=O)O. The molecule has 23 heavy (non-hydrogen) atoms. The highest BCUT2D eigenvalue weighted by Gasteiger charge is 2.22. The molecule has 0 saturated carbocycles. The summed E-state index contributed by atoms with van der Waals surface area (Å²) >= 11 is 1.46. The van der Waals surface area contributed by atoms with Crippen LogP contribution in [0.2, 0.25) is 0 Å². The van der Waals surface area contributed by atoms with Crippen LogP contribution in [0.15, 0.2) is 12.2 Å². The van der Waals surface area contributed by atoms with E-state index in [0.717, 1.165) is 12.2 Å². The average Bonchev–Trinajstić information content (AvgIpc) is 2.53. The third-order valence-electron chi connectivity index (χ3n) is 2.63. The number of esters is 1. The number of hydrogen-bond acceptors (Lipinski definition) is 7. The van der Waals surface area contributed by atoms with Gasteiger partial charge >= 0.3 is 11.9 Å². The lowest BCUT2D eigenvalue weighted by atomic mass is 10.2. The Labute approximate surface area is 138 Å². The predicted octanol–water partition coefficient (Wildman–Crippen LogP) is -1.52. The Balaban J connectivity index is 4.33. The van der Waals surface area contributed by atoms with Crippen LogP contribution < -0.4 is 16.4 Å². The van der Waals surface area contributed by atoms with Crippen molar-refractivity contribution >= 4 is 35.5 Å². The monoisotopic (exact) mass is 347 g/mol. The quantitative estimate of drug-likeness (QED) is 0.275. The summed E-state index contributed by atoms with van der Waals surface area (Å²) in [5.41, 5.74) is 5.58. The third kappa shape index (κ3) is 9.53. The van der Waals surface area contributed by atoms with E-state index in [2.05, 4.69) is 15.4 Å². The summed E-state index contributed by atoms with van der Waals surface area (Å²) in [5.74, 6) is -2.59. The lowest BCUT2D eigenvalue weighted by Crippen LogP contribution is -2.52. The summed E-state index contributed by atoms with van der Waals surface area (Å²) in [6.07, 6.45) is 3.95. The maximum absolute atomic E-state index is 11.8. The molecule has 0 bridgehead atoms. The highest BCUT2D eigenvalue weighted by Crippen LogP contribution is 2.01. The zero-order chi connectivity index (χ0) is 17.8. The molecule has 0 saturated heterocycles. The minimum absolute atomic E-state index is 0.203. The second kappa shape index (κ2) is 11.5. The van der Waals surface area contributed by atoms with Gasteiger partial charge in [0.05, 0.1) is 7.11 Å². The first-order valence-corrected chi connectivity index (χ1v) is 8.02. The fraction of sp³-hybridized carbons (Fsp3) is 0.538. The van der Waals surface area contributed by atoms with Crippen LogP contribution in [-0.4, -0.2) is 66.6 Å². The second-order valence-electron chi connectivity index (χ2n) is 4.39. The molecule has 0 heterocycles. The van der Waals surface area contributed by atoms with E-state index >= 15 is 0 Å². The molecule has 0 rings (SSSR count). The zero-order valence-corrected chi connectivity index (χ0v) is 13.7. The molecule has 0 spiro atoms. The van der Waals surface area contributed by atoms with E-state index in [1.54, 1.807) is 0 Å². The van der Waals surface area contributed by atoms with Crippen LogP contribution in [0.1, 0.15) is 6.42 Å². The van der Waals surface area contributed by atoms with Crippen molar-refractivity contribution in [3.63, 3.8) is 0 Å². The van der Waals surface area contributed by atoms with Gasteiger partial charge in [0.1, 0.15) is 12.1 Å². The lowest BCUT2D eigenvalue weighted by molar-refractivity contribution is -0.142. The second-order valence-corrected chi connectivity index (χ2v) is 5.37. The molecule has 2 atom stereocenters. The van der Waals surface area contributed by atoms with Crippen molar-refractivity contribution in [3.8, 4) is 0 Å². The number of aliphatic carboxylic acids is 1. The molecule has 2 amide bonds. The minimum atomic E-state index is -1.15. The van der Waals surface area contributed by atoms with Crippen LogP contribution in [0.4, 0.5) is 0 Å². The van der Waals surface area contributed by atoms with Gasteiger partial charge in [0.15, 0.2) is 0 Å². The summed E-state index contributed by atoms with van der Waals surface area (Å²) in [5, 5.41) is 13.6. The highest BCUT2D eigenvalue weighted by atomic mass is 32.2. The molecule has 10 heteroatoms. The van der Waals surface area contributed by atoms with Gasteiger partial charge in [0.2, 0.25) is 11.8 Å². The van der Waals surface area contributed by atoms with E-state index in [9.17, 15) is 19.2 Å². The van der Waals surface area contributed by atoms with Gasteiger partial charge < -0.3 is 26.2 Å². The summed E-state index contributed by atoms with van der Waals surface area (Å²) < 4.78 is 4.31. The van der Waals surface area contributed by atoms with E-state index in [-0.39, 0.29) is 13.0 Å². The number of nitrogens with two attached hydrogens (primary N) is 1. The fourth-order valence-corrected chi connectivity index (χ4v) is 1.82. The molecular weight excluding hydrogens is 326 g/mol. The van der Waals surface area contributed by atoms with Crippen LogP contribution >= 0.6 is 11.8 Å². The van der Waals surface area contributed by atoms with Crippen molar-refractivity contribution in [1.82, 2.24) is 10.6 Å². The molecular formula is C13H21N3O6S. The summed E-state index contributed by atoms with van der Waals surface area (Å²) in [6.45, 7) is -0.203. The van der Waals surface area contributed by atoms with Crippen LogP contribution in [-0.2, 0) is 23.9 Å². The molecule has 0 radical (unpaired) electrons. The van der Waals surface area contributed by atoms with Gasteiger partial charge in [-0.3, -0.25) is 9.59 Å². The number of rotatable bonds is 10. The molecule has 9 nitrogen and oxygen atoms in total. The van der Waals surface area contributed by atoms with Crippen LogP contribution in [0.25, 0.3) is 0 Å². The number of amides is 2. The lowest BCUT2D eigenvalue weighted by Gasteiger charge is -2.17. The van der Waals surface area contributed by atoms with Crippen molar-refractivity contribution in [2.45, 2.75) is 18.5 Å². The molecule has 130 valence electrons. The number of carbonyl (C=O) groups is 4. The first-order chi connectivity index (χ1) is 10.8. The standard InChI is InChI=1S/C13H21N3O6S/c1-22-11(18)4-3-10(17)15-7-8(14)12(19)16-9(13(20)21)5-6-23-2/h3-4,8-9H,5-7,14H2,1-2H3,(H,15,17)(H,16,19)(H,20,21)/b4-3+/t8-,9+/m1/s1. The zero-order valence-electron chi connectivity index (χ0n) is 12.9. The Morgan fingerprint density at radius 3 is 2.48 bits per heavy atom. The Kier molecular flexibility index (Phi) is 10.5. The Morgan fingerprint density at radius 1 is 1.30 bits per heavy atom.